The number of nitrogens with zero attached hydrogens (tertiary/aromatic N) is 4. The topological polar surface area (TPSA) is 111 Å². The Labute approximate surface area is 208 Å². The smallest absolute Gasteiger partial charge is 0.321 e. The second-order valence-electron chi connectivity index (χ2n) is 9.20. The molecule has 3 aliphatic heterocycles. The molecule has 0 atom stereocenters. The first kappa shape index (κ1) is 23.6. The summed E-state index contributed by atoms with van der Waals surface area (Å²) in [5.74, 6) is 0.0806. The van der Waals surface area contributed by atoms with Crippen molar-refractivity contribution in [3.63, 3.8) is 0 Å². The van der Waals surface area contributed by atoms with E-state index in [0.717, 1.165) is 63.6 Å². The molecule has 3 amide bonds. The van der Waals surface area contributed by atoms with E-state index in [1.807, 2.05) is 30.3 Å². The molecule has 1 fully saturated rings. The van der Waals surface area contributed by atoms with Crippen LogP contribution in [0.2, 0.25) is 0 Å². The maximum absolute atomic E-state index is 13.3. The van der Waals surface area contributed by atoms with E-state index in [-0.39, 0.29) is 23.3 Å². The summed E-state index contributed by atoms with van der Waals surface area (Å²) >= 11 is 1.27. The lowest BCUT2D eigenvalue weighted by atomic mass is 9.96. The van der Waals surface area contributed by atoms with Crippen LogP contribution >= 0.6 is 11.8 Å². The predicted molar refractivity (Wildman–Crippen MR) is 134 cm³/mol. The molecule has 1 saturated carbocycles. The highest BCUT2D eigenvalue weighted by Crippen LogP contribution is 2.30. The van der Waals surface area contributed by atoms with Crippen LogP contribution < -0.4 is 16.2 Å². The van der Waals surface area contributed by atoms with Gasteiger partial charge in [-0.3, -0.25) is 14.9 Å². The summed E-state index contributed by atoms with van der Waals surface area (Å²) in [6, 6.07) is 9.03. The number of rotatable bonds is 5. The monoisotopic (exact) mass is 494 g/mol. The number of fused-ring (bicyclic) bond motifs is 3. The number of benzene rings is 1. The zero-order chi connectivity index (χ0) is 24.2. The van der Waals surface area contributed by atoms with Crippen LogP contribution in [-0.4, -0.2) is 43.1 Å². The number of para-hydroxylation sites is 1. The fourth-order valence-corrected chi connectivity index (χ4v) is 5.81. The third-order valence-electron chi connectivity index (χ3n) is 6.69. The van der Waals surface area contributed by atoms with Crippen molar-refractivity contribution in [2.24, 2.45) is 0 Å². The highest BCUT2D eigenvalue weighted by Gasteiger charge is 2.27. The molecule has 9 nitrogen and oxygen atoms in total. The van der Waals surface area contributed by atoms with Crippen molar-refractivity contribution in [3.05, 3.63) is 46.4 Å². The fraction of sp³-hybridized carbons (Fsp3) is 0.480. The van der Waals surface area contributed by atoms with Gasteiger partial charge in [0.15, 0.2) is 11.0 Å². The highest BCUT2D eigenvalue weighted by atomic mass is 32.2. The van der Waals surface area contributed by atoms with Crippen molar-refractivity contribution >= 4 is 23.7 Å². The summed E-state index contributed by atoms with van der Waals surface area (Å²) < 4.78 is 3.47. The standard InChI is InChI=1S/C25H30N6O3S/c32-20(27-24(34)26-17-10-4-1-5-11-17)16-35-25-28-22-21(19-14-8-3-9-15-30(19)25)23(33)31(29-22)18-12-6-2-7-13-18/h2,6-7,12-13,17H,1,3-5,8-11,14-16H2,(H2,26,27,32,34). The number of urea groups is 1. The first-order valence-corrected chi connectivity index (χ1v) is 13.4. The van der Waals surface area contributed by atoms with Crippen molar-refractivity contribution in [1.82, 2.24) is 30.0 Å². The molecule has 3 heterocycles. The molecule has 1 aliphatic carbocycles. The molecule has 0 radical (unpaired) electrons. The Bertz CT molecular complexity index is 1230. The highest BCUT2D eigenvalue weighted by molar-refractivity contribution is 7.99. The van der Waals surface area contributed by atoms with Crippen LogP contribution in [0.5, 0.6) is 0 Å². The van der Waals surface area contributed by atoms with Gasteiger partial charge in [0.1, 0.15) is 5.56 Å². The van der Waals surface area contributed by atoms with E-state index in [2.05, 4.69) is 20.3 Å². The van der Waals surface area contributed by atoms with Gasteiger partial charge in [-0.25, -0.2) is 9.78 Å². The van der Waals surface area contributed by atoms with E-state index in [1.54, 1.807) is 0 Å². The number of carbonyl (C=O) groups excluding carboxylic acids is 2. The third kappa shape index (κ3) is 5.27. The number of hydrogen-bond acceptors (Lipinski definition) is 6. The van der Waals surface area contributed by atoms with E-state index in [1.165, 1.54) is 22.9 Å². The Hall–Kier alpha value is -3.14. The van der Waals surface area contributed by atoms with E-state index < -0.39 is 6.03 Å². The lowest BCUT2D eigenvalue weighted by molar-refractivity contribution is -0.117. The van der Waals surface area contributed by atoms with Crippen LogP contribution in [0.3, 0.4) is 0 Å². The van der Waals surface area contributed by atoms with Crippen molar-refractivity contribution in [2.45, 2.75) is 75.5 Å². The molecule has 0 unspecified atom stereocenters. The molecule has 5 rings (SSSR count). The van der Waals surface area contributed by atoms with Crippen molar-refractivity contribution in [3.8, 4) is 17.1 Å². The number of imide groups is 1. The summed E-state index contributed by atoms with van der Waals surface area (Å²) in [4.78, 5) is 42.8. The largest absolute Gasteiger partial charge is 0.335 e. The van der Waals surface area contributed by atoms with Gasteiger partial charge in [0.25, 0.3) is 5.56 Å². The summed E-state index contributed by atoms with van der Waals surface area (Å²) in [6.07, 6.45) is 9.13. The van der Waals surface area contributed by atoms with Crippen LogP contribution in [0.4, 0.5) is 4.79 Å². The fourth-order valence-electron chi connectivity index (χ4n) is 4.97. The molecular weight excluding hydrogens is 464 g/mol. The Morgan fingerprint density at radius 3 is 2.60 bits per heavy atom. The summed E-state index contributed by atoms with van der Waals surface area (Å²) in [7, 11) is 0. The van der Waals surface area contributed by atoms with Gasteiger partial charge in [-0.2, -0.15) is 4.68 Å². The normalized spacial score (nSPS) is 16.5. The number of thioether (sulfide) groups is 1. The Morgan fingerprint density at radius 1 is 1.03 bits per heavy atom. The van der Waals surface area contributed by atoms with E-state index in [9.17, 15) is 14.4 Å². The zero-order valence-corrected chi connectivity index (χ0v) is 20.5. The van der Waals surface area contributed by atoms with Crippen LogP contribution in [0, 0.1) is 0 Å². The number of hydrogen-bond donors (Lipinski definition) is 2. The molecule has 0 saturated heterocycles. The molecule has 1 aromatic carbocycles. The van der Waals surface area contributed by atoms with E-state index in [4.69, 9.17) is 4.98 Å². The lowest BCUT2D eigenvalue weighted by Gasteiger charge is -2.22. The minimum atomic E-state index is -0.435. The quantitative estimate of drug-likeness (QED) is 0.415. The Morgan fingerprint density at radius 2 is 1.80 bits per heavy atom. The van der Waals surface area contributed by atoms with Crippen LogP contribution in [0.1, 0.15) is 57.1 Å². The molecular formula is C25H30N6O3S. The van der Waals surface area contributed by atoms with Crippen molar-refractivity contribution in [2.75, 3.05) is 5.75 Å². The van der Waals surface area contributed by atoms with Gasteiger partial charge < -0.3 is 9.88 Å². The number of amides is 3. The number of aromatic nitrogens is 4. The van der Waals surface area contributed by atoms with Crippen molar-refractivity contribution in [1.29, 1.82) is 0 Å². The Balaban J connectivity index is 1.36. The van der Waals surface area contributed by atoms with E-state index >= 15 is 0 Å². The zero-order valence-electron chi connectivity index (χ0n) is 19.7. The van der Waals surface area contributed by atoms with Gasteiger partial charge in [-0.05, 0) is 44.2 Å². The second-order valence-corrected chi connectivity index (χ2v) is 10.1. The molecule has 0 bridgehead atoms. The minimum absolute atomic E-state index is 0.0552. The van der Waals surface area contributed by atoms with Gasteiger partial charge in [0.2, 0.25) is 5.91 Å². The molecule has 184 valence electrons. The minimum Gasteiger partial charge on any atom is -0.335 e. The summed E-state index contributed by atoms with van der Waals surface area (Å²) in [6.45, 7) is 0.736. The summed E-state index contributed by atoms with van der Waals surface area (Å²) in [5, 5.41) is 10.5. The third-order valence-corrected chi connectivity index (χ3v) is 7.67. The van der Waals surface area contributed by atoms with Crippen LogP contribution in [-0.2, 0) is 17.8 Å². The average molecular weight is 495 g/mol. The van der Waals surface area contributed by atoms with E-state index in [0.29, 0.717) is 22.2 Å². The second kappa shape index (κ2) is 10.6. The number of nitrogens with one attached hydrogen (secondary N) is 2. The average Bonchev–Trinajstić information content (AvgIpc) is 3.03. The molecule has 2 N–H and O–H groups in total. The van der Waals surface area contributed by atoms with Crippen molar-refractivity contribution < 1.29 is 9.59 Å². The van der Waals surface area contributed by atoms with Gasteiger partial charge in [0.05, 0.1) is 11.4 Å². The van der Waals surface area contributed by atoms with Crippen LogP contribution in [0.15, 0.2) is 40.3 Å². The van der Waals surface area contributed by atoms with Gasteiger partial charge in [0, 0.05) is 18.3 Å². The lowest BCUT2D eigenvalue weighted by Crippen LogP contribution is -2.45. The maximum Gasteiger partial charge on any atom is 0.321 e. The molecule has 0 spiro atoms. The van der Waals surface area contributed by atoms with Gasteiger partial charge in [-0.15, -0.1) is 5.10 Å². The Kier molecular flexibility index (Phi) is 7.17. The molecule has 10 heteroatoms. The predicted octanol–water partition coefficient (Wildman–Crippen LogP) is 3.51. The molecule has 4 aliphatic rings. The first-order valence-electron chi connectivity index (χ1n) is 12.4. The first-order chi connectivity index (χ1) is 17.1. The van der Waals surface area contributed by atoms with Crippen LogP contribution in [0.25, 0.3) is 17.1 Å². The van der Waals surface area contributed by atoms with Gasteiger partial charge >= 0.3 is 6.03 Å². The van der Waals surface area contributed by atoms with Gasteiger partial charge in [-0.1, -0.05) is 55.6 Å². The summed E-state index contributed by atoms with van der Waals surface area (Å²) in [5.41, 5.74) is 2.01. The maximum atomic E-state index is 13.3. The molecule has 1 aromatic rings. The number of carbonyl (C=O) groups is 2. The molecule has 35 heavy (non-hydrogen) atoms. The molecule has 0 aromatic heterocycles. The SMILES string of the molecule is O=C(CSc1nc2nn(-c3ccccc3)c(=O)c-2c2n1CCCCC2)NC(=O)NC1CCCCC1.